The Kier molecular flexibility index (Phi) is 2.88. The molecular formula is C16H13FN2. The molecule has 1 N–H and O–H groups in total. The minimum absolute atomic E-state index is 0.262. The Hall–Kier alpha value is -2.42. The third-order valence-corrected chi connectivity index (χ3v) is 3.02. The van der Waals surface area contributed by atoms with Gasteiger partial charge in [0.25, 0.3) is 0 Å². The zero-order valence-electron chi connectivity index (χ0n) is 10.5. The van der Waals surface area contributed by atoms with Crippen LogP contribution in [0.4, 0.5) is 15.9 Å². The largest absolute Gasteiger partial charge is 0.340 e. The number of hydrogen-bond donors (Lipinski definition) is 1. The van der Waals surface area contributed by atoms with Crippen molar-refractivity contribution in [2.75, 3.05) is 5.32 Å². The third-order valence-electron chi connectivity index (χ3n) is 3.02. The molecule has 1 heterocycles. The van der Waals surface area contributed by atoms with Crippen LogP contribution in [0.5, 0.6) is 0 Å². The summed E-state index contributed by atoms with van der Waals surface area (Å²) in [6, 6.07) is 16.3. The molecule has 0 spiro atoms. The third kappa shape index (κ3) is 2.40. The van der Waals surface area contributed by atoms with E-state index in [4.69, 9.17) is 0 Å². The van der Waals surface area contributed by atoms with Crippen LogP contribution < -0.4 is 5.32 Å². The monoisotopic (exact) mass is 252 g/mol. The summed E-state index contributed by atoms with van der Waals surface area (Å²) in [4.78, 5) is 4.53. The van der Waals surface area contributed by atoms with Crippen molar-refractivity contribution in [3.05, 3.63) is 66.0 Å². The van der Waals surface area contributed by atoms with E-state index in [1.807, 2.05) is 43.3 Å². The van der Waals surface area contributed by atoms with Crippen molar-refractivity contribution < 1.29 is 4.39 Å². The Morgan fingerprint density at radius 2 is 1.84 bits per heavy atom. The highest BCUT2D eigenvalue weighted by Crippen LogP contribution is 2.22. The van der Waals surface area contributed by atoms with Crippen molar-refractivity contribution >= 4 is 22.4 Å². The Bertz CT molecular complexity index is 738. The van der Waals surface area contributed by atoms with Crippen molar-refractivity contribution in [2.45, 2.75) is 6.92 Å². The SMILES string of the molecule is Cc1cc(Nc2cccc(F)c2)nc2ccccc12. The van der Waals surface area contributed by atoms with Gasteiger partial charge in [0.2, 0.25) is 0 Å². The number of para-hydroxylation sites is 1. The molecule has 3 heteroatoms. The molecule has 0 unspecified atom stereocenters. The maximum absolute atomic E-state index is 13.1. The summed E-state index contributed by atoms with van der Waals surface area (Å²) >= 11 is 0. The van der Waals surface area contributed by atoms with Gasteiger partial charge in [0, 0.05) is 11.1 Å². The minimum Gasteiger partial charge on any atom is -0.340 e. The van der Waals surface area contributed by atoms with E-state index in [1.165, 1.54) is 12.1 Å². The molecule has 2 nitrogen and oxygen atoms in total. The van der Waals surface area contributed by atoms with Gasteiger partial charge in [0.05, 0.1) is 5.52 Å². The van der Waals surface area contributed by atoms with Gasteiger partial charge >= 0.3 is 0 Å². The molecule has 3 rings (SSSR count). The van der Waals surface area contributed by atoms with Crippen LogP contribution in [-0.4, -0.2) is 4.98 Å². The fourth-order valence-electron chi connectivity index (χ4n) is 2.13. The lowest BCUT2D eigenvalue weighted by Crippen LogP contribution is -1.95. The number of hydrogen-bond acceptors (Lipinski definition) is 2. The average molecular weight is 252 g/mol. The first-order chi connectivity index (χ1) is 9.22. The lowest BCUT2D eigenvalue weighted by molar-refractivity contribution is 0.628. The average Bonchev–Trinajstić information content (AvgIpc) is 2.39. The summed E-state index contributed by atoms with van der Waals surface area (Å²) in [6.45, 7) is 2.04. The van der Waals surface area contributed by atoms with Gasteiger partial charge in [-0.15, -0.1) is 0 Å². The molecule has 2 aromatic carbocycles. The molecule has 0 saturated heterocycles. The van der Waals surface area contributed by atoms with Gasteiger partial charge in [-0.05, 0) is 42.8 Å². The molecule has 19 heavy (non-hydrogen) atoms. The first-order valence-electron chi connectivity index (χ1n) is 6.11. The number of nitrogens with one attached hydrogen (secondary N) is 1. The van der Waals surface area contributed by atoms with Gasteiger partial charge in [-0.2, -0.15) is 0 Å². The van der Waals surface area contributed by atoms with E-state index < -0.39 is 0 Å². The van der Waals surface area contributed by atoms with Crippen LogP contribution >= 0.6 is 0 Å². The summed E-state index contributed by atoms with van der Waals surface area (Å²) in [6.07, 6.45) is 0. The molecule has 0 radical (unpaired) electrons. The van der Waals surface area contributed by atoms with Crippen molar-refractivity contribution in [1.82, 2.24) is 4.98 Å². The summed E-state index contributed by atoms with van der Waals surface area (Å²) in [5.41, 5.74) is 2.77. The predicted molar refractivity (Wildman–Crippen MR) is 76.2 cm³/mol. The zero-order chi connectivity index (χ0) is 13.2. The second kappa shape index (κ2) is 4.69. The Morgan fingerprint density at radius 1 is 1.00 bits per heavy atom. The number of aromatic nitrogens is 1. The van der Waals surface area contributed by atoms with Crippen LogP contribution in [-0.2, 0) is 0 Å². The Labute approximate surface area is 110 Å². The fourth-order valence-corrected chi connectivity index (χ4v) is 2.13. The molecule has 0 amide bonds. The van der Waals surface area contributed by atoms with Crippen LogP contribution in [0.2, 0.25) is 0 Å². The van der Waals surface area contributed by atoms with Crippen LogP contribution in [0.15, 0.2) is 54.6 Å². The smallest absolute Gasteiger partial charge is 0.131 e. The topological polar surface area (TPSA) is 24.9 Å². The van der Waals surface area contributed by atoms with Crippen molar-refractivity contribution in [3.8, 4) is 0 Å². The van der Waals surface area contributed by atoms with E-state index in [0.29, 0.717) is 5.69 Å². The highest BCUT2D eigenvalue weighted by Gasteiger charge is 2.03. The van der Waals surface area contributed by atoms with Crippen LogP contribution in [0.1, 0.15) is 5.56 Å². The summed E-state index contributed by atoms with van der Waals surface area (Å²) in [7, 11) is 0. The lowest BCUT2D eigenvalue weighted by atomic mass is 10.1. The summed E-state index contributed by atoms with van der Waals surface area (Å²) in [5.74, 6) is 0.462. The molecular weight excluding hydrogens is 239 g/mol. The van der Waals surface area contributed by atoms with Gasteiger partial charge in [-0.3, -0.25) is 0 Å². The molecule has 0 fully saturated rings. The summed E-state index contributed by atoms with van der Waals surface area (Å²) < 4.78 is 13.1. The Morgan fingerprint density at radius 3 is 2.68 bits per heavy atom. The second-order valence-corrected chi connectivity index (χ2v) is 4.48. The zero-order valence-corrected chi connectivity index (χ0v) is 10.5. The highest BCUT2D eigenvalue weighted by atomic mass is 19.1. The molecule has 0 bridgehead atoms. The predicted octanol–water partition coefficient (Wildman–Crippen LogP) is 4.43. The van der Waals surface area contributed by atoms with Gasteiger partial charge in [-0.25, -0.2) is 9.37 Å². The maximum atomic E-state index is 13.1. The number of aryl methyl sites for hydroxylation is 1. The van der Waals surface area contributed by atoms with E-state index in [2.05, 4.69) is 10.3 Å². The number of anilines is 2. The Balaban J connectivity index is 2.02. The van der Waals surface area contributed by atoms with E-state index in [0.717, 1.165) is 22.3 Å². The molecule has 0 aliphatic rings. The summed E-state index contributed by atoms with van der Waals surface area (Å²) in [5, 5.41) is 4.26. The molecule has 0 saturated carbocycles. The first-order valence-corrected chi connectivity index (χ1v) is 6.11. The molecule has 3 aromatic rings. The number of rotatable bonds is 2. The highest BCUT2D eigenvalue weighted by molar-refractivity contribution is 5.84. The lowest BCUT2D eigenvalue weighted by Gasteiger charge is -2.09. The van der Waals surface area contributed by atoms with Crippen molar-refractivity contribution in [2.24, 2.45) is 0 Å². The molecule has 94 valence electrons. The van der Waals surface area contributed by atoms with E-state index >= 15 is 0 Å². The molecule has 0 atom stereocenters. The van der Waals surface area contributed by atoms with E-state index in [1.54, 1.807) is 6.07 Å². The van der Waals surface area contributed by atoms with Crippen LogP contribution in [0.3, 0.4) is 0 Å². The number of fused-ring (bicyclic) bond motifs is 1. The maximum Gasteiger partial charge on any atom is 0.131 e. The van der Waals surface area contributed by atoms with Crippen molar-refractivity contribution in [3.63, 3.8) is 0 Å². The van der Waals surface area contributed by atoms with Gasteiger partial charge in [0.15, 0.2) is 0 Å². The molecule has 0 aliphatic carbocycles. The normalized spacial score (nSPS) is 10.6. The standard InChI is InChI=1S/C16H13FN2/c1-11-9-16(18-13-6-4-5-12(17)10-13)19-15-8-3-2-7-14(11)15/h2-10H,1H3,(H,18,19). The van der Waals surface area contributed by atoms with Gasteiger partial charge < -0.3 is 5.32 Å². The number of nitrogens with zero attached hydrogens (tertiary/aromatic N) is 1. The van der Waals surface area contributed by atoms with E-state index in [9.17, 15) is 4.39 Å². The van der Waals surface area contributed by atoms with Gasteiger partial charge in [-0.1, -0.05) is 24.3 Å². The van der Waals surface area contributed by atoms with Crippen LogP contribution in [0, 0.1) is 12.7 Å². The number of benzene rings is 2. The quantitative estimate of drug-likeness (QED) is 0.730. The fraction of sp³-hybridized carbons (Fsp3) is 0.0625. The van der Waals surface area contributed by atoms with Crippen LogP contribution in [0.25, 0.3) is 10.9 Å². The number of halogens is 1. The minimum atomic E-state index is -0.262. The van der Waals surface area contributed by atoms with Gasteiger partial charge in [0.1, 0.15) is 11.6 Å². The number of pyridine rings is 1. The van der Waals surface area contributed by atoms with Crippen molar-refractivity contribution in [1.29, 1.82) is 0 Å². The molecule has 1 aromatic heterocycles. The second-order valence-electron chi connectivity index (χ2n) is 4.48. The van der Waals surface area contributed by atoms with E-state index in [-0.39, 0.29) is 5.82 Å². The first kappa shape index (κ1) is 11.7. The molecule has 0 aliphatic heterocycles.